The van der Waals surface area contributed by atoms with E-state index in [1.165, 1.54) is 24.0 Å². The summed E-state index contributed by atoms with van der Waals surface area (Å²) >= 11 is 0. The van der Waals surface area contributed by atoms with Gasteiger partial charge in [0.05, 0.1) is 0 Å². The van der Waals surface area contributed by atoms with Gasteiger partial charge in [-0.1, -0.05) is 44.2 Å². The first-order valence-corrected chi connectivity index (χ1v) is 6.48. The number of aryl methyl sites for hydroxylation is 2. The molecule has 0 aromatic heterocycles. The van der Waals surface area contributed by atoms with Gasteiger partial charge in [0.15, 0.2) is 0 Å². The lowest BCUT2D eigenvalue weighted by Crippen LogP contribution is -1.74. The van der Waals surface area contributed by atoms with Crippen LogP contribution in [0.5, 0.6) is 0 Å². The Labute approximate surface area is 106 Å². The van der Waals surface area contributed by atoms with Crippen molar-refractivity contribution in [2.75, 3.05) is 6.54 Å². The van der Waals surface area contributed by atoms with Crippen LogP contribution in [-0.2, 0) is 0 Å². The Morgan fingerprint density at radius 2 is 1.59 bits per heavy atom. The molecule has 0 spiro atoms. The van der Waals surface area contributed by atoms with Crippen molar-refractivity contribution in [3.05, 3.63) is 47.5 Å². The van der Waals surface area contributed by atoms with Gasteiger partial charge < -0.3 is 0 Å². The van der Waals surface area contributed by atoms with Crippen LogP contribution in [0.2, 0.25) is 0 Å². The van der Waals surface area contributed by atoms with Crippen LogP contribution < -0.4 is 0 Å². The molecule has 0 saturated carbocycles. The topological polar surface area (TPSA) is 12.4 Å². The summed E-state index contributed by atoms with van der Waals surface area (Å²) in [5.74, 6) is 0. The number of hydrogen-bond acceptors (Lipinski definition) is 1. The van der Waals surface area contributed by atoms with E-state index in [2.05, 4.69) is 49.2 Å². The quantitative estimate of drug-likeness (QED) is 0.611. The average Bonchev–Trinajstić information content (AvgIpc) is 2.68. The average molecular weight is 231 g/mol. The molecule has 1 nitrogen and oxygen atoms in total. The van der Waals surface area contributed by atoms with Gasteiger partial charge in [-0.25, -0.2) is 0 Å². The molecule has 0 unspecified atom stereocenters. The first kappa shape index (κ1) is 15.6. The first-order chi connectivity index (χ1) is 8.30. The number of hydrogen-bond donors (Lipinski definition) is 0. The summed E-state index contributed by atoms with van der Waals surface area (Å²) in [6.45, 7) is 9.25. The van der Waals surface area contributed by atoms with Crippen LogP contribution in [-0.4, -0.2) is 12.8 Å². The molecule has 2 rings (SSSR count). The highest BCUT2D eigenvalue weighted by molar-refractivity contribution is 5.71. The predicted octanol–water partition coefficient (Wildman–Crippen LogP) is 4.74. The van der Waals surface area contributed by atoms with Crippen LogP contribution in [0.1, 0.15) is 37.8 Å². The third-order valence-electron chi connectivity index (χ3n) is 2.41. The Bertz CT molecular complexity index is 304. The zero-order valence-corrected chi connectivity index (χ0v) is 11.6. The maximum absolute atomic E-state index is 4.06. The highest BCUT2D eigenvalue weighted by atomic mass is 14.7. The summed E-state index contributed by atoms with van der Waals surface area (Å²) in [5, 5.41) is 0. The molecule has 0 atom stereocenters. The Balaban J connectivity index is 0.000000265. The summed E-state index contributed by atoms with van der Waals surface area (Å²) in [6.07, 6.45) is 8.43. The minimum Gasteiger partial charge on any atom is -0.293 e. The van der Waals surface area contributed by atoms with Crippen LogP contribution in [0, 0.1) is 13.8 Å². The van der Waals surface area contributed by atoms with Gasteiger partial charge in [-0.3, -0.25) is 4.99 Å². The van der Waals surface area contributed by atoms with E-state index in [0.717, 1.165) is 6.54 Å². The molecular weight excluding hydrogens is 206 g/mol. The van der Waals surface area contributed by atoms with Crippen LogP contribution in [0.3, 0.4) is 0 Å². The zero-order chi connectivity index (χ0) is 12.9. The maximum Gasteiger partial charge on any atom is 0.0392 e. The molecule has 0 bridgehead atoms. The molecule has 0 fully saturated rings. The number of nitrogens with zero attached hydrogens (tertiary/aromatic N) is 1. The lowest BCUT2D eigenvalue weighted by atomic mass is 10.1. The van der Waals surface area contributed by atoms with E-state index < -0.39 is 0 Å². The van der Waals surface area contributed by atoms with Gasteiger partial charge in [-0.2, -0.15) is 0 Å². The molecule has 1 aliphatic rings. The van der Waals surface area contributed by atoms with E-state index in [0.29, 0.717) is 0 Å². The van der Waals surface area contributed by atoms with Crippen molar-refractivity contribution in [2.45, 2.75) is 40.5 Å². The SMILES string of the molecule is C1=CCCCN=C1.CC.Cc1ccccc1C. The highest BCUT2D eigenvalue weighted by Gasteiger charge is 1.84. The predicted molar refractivity (Wildman–Crippen MR) is 79.0 cm³/mol. The van der Waals surface area contributed by atoms with Crippen LogP contribution >= 0.6 is 0 Å². The number of aliphatic imine (C=N–C) groups is 1. The summed E-state index contributed by atoms with van der Waals surface area (Å²) in [4.78, 5) is 4.06. The monoisotopic (exact) mass is 231 g/mol. The number of rotatable bonds is 0. The molecule has 1 aromatic rings. The van der Waals surface area contributed by atoms with Gasteiger partial charge in [0.1, 0.15) is 0 Å². The van der Waals surface area contributed by atoms with Crippen molar-refractivity contribution >= 4 is 6.21 Å². The molecule has 0 aliphatic carbocycles. The van der Waals surface area contributed by atoms with Gasteiger partial charge in [0.25, 0.3) is 0 Å². The van der Waals surface area contributed by atoms with E-state index in [4.69, 9.17) is 0 Å². The van der Waals surface area contributed by atoms with Crippen LogP contribution in [0.25, 0.3) is 0 Å². The van der Waals surface area contributed by atoms with Gasteiger partial charge in [0, 0.05) is 12.8 Å². The molecule has 0 amide bonds. The third kappa shape index (κ3) is 8.44. The van der Waals surface area contributed by atoms with E-state index in [1.54, 1.807) is 0 Å². The minimum atomic E-state index is 1.01. The summed E-state index contributed by atoms with van der Waals surface area (Å²) < 4.78 is 0. The second kappa shape index (κ2) is 11.1. The molecular formula is C16H25N. The fourth-order valence-corrected chi connectivity index (χ4v) is 1.26. The molecule has 17 heavy (non-hydrogen) atoms. The summed E-state index contributed by atoms with van der Waals surface area (Å²) in [7, 11) is 0. The Hall–Kier alpha value is -1.37. The Kier molecular flexibility index (Phi) is 10.2. The Morgan fingerprint density at radius 1 is 1.00 bits per heavy atom. The standard InChI is InChI=1S/C8H10.C6H9N.C2H6/c1-7-5-3-4-6-8(7)2;1-2-4-6-7-5-3-1;1-2/h3-6H,1-2H3;1,3,5H,2,4,6H2;1-2H3. The zero-order valence-electron chi connectivity index (χ0n) is 11.6. The van der Waals surface area contributed by atoms with E-state index in [1.807, 2.05) is 26.1 Å². The summed E-state index contributed by atoms with van der Waals surface area (Å²) in [5.41, 5.74) is 2.74. The third-order valence-corrected chi connectivity index (χ3v) is 2.41. The first-order valence-electron chi connectivity index (χ1n) is 6.48. The Morgan fingerprint density at radius 3 is 2.12 bits per heavy atom. The van der Waals surface area contributed by atoms with Crippen LogP contribution in [0.15, 0.2) is 41.4 Å². The largest absolute Gasteiger partial charge is 0.293 e. The lowest BCUT2D eigenvalue weighted by Gasteiger charge is -1.93. The summed E-state index contributed by atoms with van der Waals surface area (Å²) in [6, 6.07) is 8.36. The maximum atomic E-state index is 4.06. The van der Waals surface area contributed by atoms with E-state index in [9.17, 15) is 0 Å². The fourth-order valence-electron chi connectivity index (χ4n) is 1.26. The second-order valence-corrected chi connectivity index (χ2v) is 3.71. The van der Waals surface area contributed by atoms with Gasteiger partial charge in [-0.05, 0) is 43.9 Å². The molecule has 1 aromatic carbocycles. The van der Waals surface area contributed by atoms with Crippen LogP contribution in [0.4, 0.5) is 0 Å². The number of allylic oxidation sites excluding steroid dienone is 2. The molecule has 1 heterocycles. The lowest BCUT2D eigenvalue weighted by molar-refractivity contribution is 0.866. The van der Waals surface area contributed by atoms with E-state index in [-0.39, 0.29) is 0 Å². The minimum absolute atomic E-state index is 1.01. The molecule has 0 N–H and O–H groups in total. The highest BCUT2D eigenvalue weighted by Crippen LogP contribution is 2.02. The molecule has 94 valence electrons. The van der Waals surface area contributed by atoms with Gasteiger partial charge in [-0.15, -0.1) is 0 Å². The van der Waals surface area contributed by atoms with Crippen molar-refractivity contribution in [1.29, 1.82) is 0 Å². The smallest absolute Gasteiger partial charge is 0.0392 e. The molecule has 0 saturated heterocycles. The fraction of sp³-hybridized carbons (Fsp3) is 0.438. The molecule has 1 aliphatic heterocycles. The normalized spacial score (nSPS) is 12.7. The molecule has 1 heteroatoms. The van der Waals surface area contributed by atoms with Crippen molar-refractivity contribution in [3.8, 4) is 0 Å². The van der Waals surface area contributed by atoms with Crippen molar-refractivity contribution < 1.29 is 0 Å². The van der Waals surface area contributed by atoms with Crippen molar-refractivity contribution in [2.24, 2.45) is 4.99 Å². The van der Waals surface area contributed by atoms with Crippen molar-refractivity contribution in [1.82, 2.24) is 0 Å². The van der Waals surface area contributed by atoms with Gasteiger partial charge >= 0.3 is 0 Å². The molecule has 0 radical (unpaired) electrons. The van der Waals surface area contributed by atoms with Crippen molar-refractivity contribution in [3.63, 3.8) is 0 Å². The van der Waals surface area contributed by atoms with Gasteiger partial charge in [0.2, 0.25) is 0 Å². The van der Waals surface area contributed by atoms with E-state index >= 15 is 0 Å². The number of benzene rings is 1. The second-order valence-electron chi connectivity index (χ2n) is 3.71.